The molecule has 0 aliphatic carbocycles. The fourth-order valence-electron chi connectivity index (χ4n) is 1.73. The molecule has 0 saturated carbocycles. The zero-order valence-corrected chi connectivity index (χ0v) is 8.14. The highest BCUT2D eigenvalue weighted by Gasteiger charge is 2.21. The minimum atomic E-state index is -1.62. The molecular weight excluding hydrogens is 197 g/mol. The van der Waals surface area contributed by atoms with E-state index < -0.39 is 7.12 Å². The maximum atomic E-state index is 11.2. The Labute approximate surface area is 86.9 Å². The number of H-pyrrole nitrogens is 1. The van der Waals surface area contributed by atoms with E-state index in [1.807, 2.05) is 0 Å². The Bertz CT molecular complexity index is 397. The number of aromatic nitrogens is 1. The molecule has 2 heterocycles. The van der Waals surface area contributed by atoms with Crippen LogP contribution in [0.15, 0.2) is 16.9 Å². The van der Waals surface area contributed by atoms with Crippen LogP contribution in [-0.4, -0.2) is 28.8 Å². The molecule has 1 unspecified atom stereocenters. The lowest BCUT2D eigenvalue weighted by atomic mass is 9.80. The van der Waals surface area contributed by atoms with Gasteiger partial charge in [-0.15, -0.1) is 0 Å². The summed E-state index contributed by atoms with van der Waals surface area (Å²) < 4.78 is 5.40. The van der Waals surface area contributed by atoms with Crippen molar-refractivity contribution >= 4 is 12.6 Å². The first-order valence-electron chi connectivity index (χ1n) is 4.89. The molecule has 0 radical (unpaired) electrons. The van der Waals surface area contributed by atoms with Crippen LogP contribution in [0.5, 0.6) is 0 Å². The van der Waals surface area contributed by atoms with Crippen molar-refractivity contribution in [1.29, 1.82) is 0 Å². The van der Waals surface area contributed by atoms with Crippen LogP contribution in [-0.2, 0) is 4.74 Å². The van der Waals surface area contributed by atoms with Crippen LogP contribution in [0.1, 0.15) is 24.6 Å². The van der Waals surface area contributed by atoms with Gasteiger partial charge in [0.05, 0.1) is 6.10 Å². The smallest absolute Gasteiger partial charge is 0.423 e. The van der Waals surface area contributed by atoms with Gasteiger partial charge in [0, 0.05) is 18.4 Å². The van der Waals surface area contributed by atoms with Crippen molar-refractivity contribution in [3.05, 3.63) is 28.2 Å². The fourth-order valence-corrected chi connectivity index (χ4v) is 1.73. The first-order chi connectivity index (χ1) is 7.16. The third kappa shape index (κ3) is 2.28. The third-order valence-electron chi connectivity index (χ3n) is 2.46. The van der Waals surface area contributed by atoms with Gasteiger partial charge in [0.25, 0.3) is 0 Å². The van der Waals surface area contributed by atoms with Gasteiger partial charge in [0.15, 0.2) is 0 Å². The number of ether oxygens (including phenoxy) is 1. The lowest BCUT2D eigenvalue weighted by molar-refractivity contribution is 0.108. The van der Waals surface area contributed by atoms with Gasteiger partial charge in [-0.25, -0.2) is 0 Å². The molecule has 80 valence electrons. The van der Waals surface area contributed by atoms with Gasteiger partial charge in [-0.3, -0.25) is 4.79 Å². The molecule has 0 aromatic carbocycles. The van der Waals surface area contributed by atoms with Crippen molar-refractivity contribution in [2.45, 2.75) is 18.9 Å². The lowest BCUT2D eigenvalue weighted by Gasteiger charge is -2.10. The van der Waals surface area contributed by atoms with Crippen molar-refractivity contribution < 1.29 is 14.8 Å². The van der Waals surface area contributed by atoms with Crippen LogP contribution < -0.4 is 11.0 Å². The number of hydrogen-bond acceptors (Lipinski definition) is 4. The van der Waals surface area contributed by atoms with Gasteiger partial charge in [0.2, 0.25) is 5.56 Å². The first-order valence-corrected chi connectivity index (χ1v) is 4.89. The molecule has 0 spiro atoms. The fraction of sp³-hybridized carbons (Fsp3) is 0.444. The van der Waals surface area contributed by atoms with E-state index in [-0.39, 0.29) is 17.1 Å². The number of rotatable bonds is 2. The monoisotopic (exact) mass is 209 g/mol. The quantitative estimate of drug-likeness (QED) is 0.540. The van der Waals surface area contributed by atoms with Crippen LogP contribution in [0, 0.1) is 0 Å². The van der Waals surface area contributed by atoms with Crippen molar-refractivity contribution in [1.82, 2.24) is 4.98 Å². The summed E-state index contributed by atoms with van der Waals surface area (Å²) in [5.74, 6) is 0. The lowest BCUT2D eigenvalue weighted by Crippen LogP contribution is -2.34. The zero-order chi connectivity index (χ0) is 10.8. The molecule has 1 aliphatic heterocycles. The highest BCUT2D eigenvalue weighted by Crippen LogP contribution is 2.25. The van der Waals surface area contributed by atoms with Crippen molar-refractivity contribution in [2.24, 2.45) is 0 Å². The molecule has 1 aromatic rings. The summed E-state index contributed by atoms with van der Waals surface area (Å²) in [7, 11) is -1.62. The third-order valence-corrected chi connectivity index (χ3v) is 2.46. The average Bonchev–Trinajstić information content (AvgIpc) is 2.69. The zero-order valence-electron chi connectivity index (χ0n) is 8.14. The predicted octanol–water partition coefficient (Wildman–Crippen LogP) is -1.09. The van der Waals surface area contributed by atoms with Crippen LogP contribution in [0.4, 0.5) is 0 Å². The summed E-state index contributed by atoms with van der Waals surface area (Å²) in [6, 6.07) is 2.73. The predicted molar refractivity (Wildman–Crippen MR) is 54.8 cm³/mol. The number of aromatic amines is 1. The SMILES string of the molecule is O=c1cc(B(O)O)cc(C2CCCO2)[nH]1. The van der Waals surface area contributed by atoms with Crippen LogP contribution in [0.25, 0.3) is 0 Å². The van der Waals surface area contributed by atoms with Gasteiger partial charge in [0.1, 0.15) is 0 Å². The Balaban J connectivity index is 2.34. The van der Waals surface area contributed by atoms with E-state index in [9.17, 15) is 4.79 Å². The summed E-state index contributed by atoms with van der Waals surface area (Å²) in [5.41, 5.74) is 0.471. The number of hydrogen-bond donors (Lipinski definition) is 3. The Morgan fingerprint density at radius 3 is 2.87 bits per heavy atom. The molecule has 5 nitrogen and oxygen atoms in total. The van der Waals surface area contributed by atoms with E-state index in [0.717, 1.165) is 12.8 Å². The summed E-state index contributed by atoms with van der Waals surface area (Å²) in [6.45, 7) is 0.679. The van der Waals surface area contributed by atoms with E-state index >= 15 is 0 Å². The topological polar surface area (TPSA) is 82.6 Å². The maximum Gasteiger partial charge on any atom is 0.488 e. The van der Waals surface area contributed by atoms with Crippen molar-refractivity contribution in [3.8, 4) is 0 Å². The Hall–Kier alpha value is -1.11. The van der Waals surface area contributed by atoms with E-state index in [0.29, 0.717) is 12.3 Å². The summed E-state index contributed by atoms with van der Waals surface area (Å²) in [6.07, 6.45) is 1.68. The van der Waals surface area contributed by atoms with Gasteiger partial charge in [-0.05, 0) is 24.4 Å². The molecule has 1 fully saturated rings. The summed E-state index contributed by atoms with van der Waals surface area (Å²) in [5, 5.41) is 18.0. The second-order valence-electron chi connectivity index (χ2n) is 3.61. The molecule has 2 rings (SSSR count). The molecule has 1 saturated heterocycles. The Morgan fingerprint density at radius 2 is 2.27 bits per heavy atom. The maximum absolute atomic E-state index is 11.2. The van der Waals surface area contributed by atoms with Gasteiger partial charge >= 0.3 is 7.12 Å². The number of nitrogens with one attached hydrogen (secondary N) is 1. The second-order valence-corrected chi connectivity index (χ2v) is 3.61. The van der Waals surface area contributed by atoms with E-state index in [1.165, 1.54) is 6.07 Å². The molecule has 1 aromatic heterocycles. The minimum absolute atomic E-state index is 0.128. The molecular formula is C9H12BNO4. The highest BCUT2D eigenvalue weighted by molar-refractivity contribution is 6.58. The van der Waals surface area contributed by atoms with Crippen LogP contribution in [0.3, 0.4) is 0 Å². The number of pyridine rings is 1. The summed E-state index contributed by atoms with van der Waals surface area (Å²) in [4.78, 5) is 13.9. The highest BCUT2D eigenvalue weighted by atomic mass is 16.5. The van der Waals surface area contributed by atoms with E-state index in [2.05, 4.69) is 4.98 Å². The standard InChI is InChI=1S/C9H12BNO4/c12-9-5-6(10(13)14)4-7(11-9)8-2-1-3-15-8/h4-5,8,13-14H,1-3H2,(H,11,12). The summed E-state index contributed by atoms with van der Waals surface area (Å²) >= 11 is 0. The largest absolute Gasteiger partial charge is 0.488 e. The molecule has 0 amide bonds. The molecule has 15 heavy (non-hydrogen) atoms. The Morgan fingerprint density at radius 1 is 1.47 bits per heavy atom. The molecule has 1 aliphatic rings. The molecule has 1 atom stereocenters. The van der Waals surface area contributed by atoms with Crippen molar-refractivity contribution in [2.75, 3.05) is 6.61 Å². The average molecular weight is 209 g/mol. The minimum Gasteiger partial charge on any atom is -0.423 e. The normalized spacial score (nSPS) is 20.5. The van der Waals surface area contributed by atoms with Crippen LogP contribution >= 0.6 is 0 Å². The second kappa shape index (κ2) is 4.18. The van der Waals surface area contributed by atoms with E-state index in [1.54, 1.807) is 6.07 Å². The molecule has 0 bridgehead atoms. The van der Waals surface area contributed by atoms with Gasteiger partial charge in [-0.2, -0.15) is 0 Å². The molecule has 3 N–H and O–H groups in total. The molecule has 6 heteroatoms. The van der Waals surface area contributed by atoms with Gasteiger partial charge in [-0.1, -0.05) is 0 Å². The van der Waals surface area contributed by atoms with Gasteiger partial charge < -0.3 is 19.8 Å². The Kier molecular flexibility index (Phi) is 2.90. The first kappa shape index (κ1) is 10.4. The van der Waals surface area contributed by atoms with Crippen molar-refractivity contribution in [3.63, 3.8) is 0 Å². The van der Waals surface area contributed by atoms with Crippen LogP contribution in [0.2, 0.25) is 0 Å². The van der Waals surface area contributed by atoms with E-state index in [4.69, 9.17) is 14.8 Å².